The van der Waals surface area contributed by atoms with Gasteiger partial charge in [-0.15, -0.1) is 11.3 Å². The minimum Gasteiger partial charge on any atom is -0.307 e. The molecule has 0 aliphatic heterocycles. The highest BCUT2D eigenvalue weighted by Gasteiger charge is 2.29. The smallest absolute Gasteiger partial charge is 0.247 e. The summed E-state index contributed by atoms with van der Waals surface area (Å²) in [7, 11) is 3.59. The highest BCUT2D eigenvalue weighted by molar-refractivity contribution is 7.14. The molecule has 0 unspecified atom stereocenters. The molecule has 4 heteroatoms. The van der Waals surface area contributed by atoms with Crippen molar-refractivity contribution in [3.05, 3.63) is 17.5 Å². The van der Waals surface area contributed by atoms with Crippen molar-refractivity contribution in [2.24, 2.45) is 0 Å². The number of nitrogens with one attached hydrogen (secondary N) is 1. The van der Waals surface area contributed by atoms with Gasteiger partial charge >= 0.3 is 0 Å². The van der Waals surface area contributed by atoms with Crippen LogP contribution in [0.5, 0.6) is 0 Å². The first-order chi connectivity index (χ1) is 6.49. The van der Waals surface area contributed by atoms with E-state index in [0.717, 1.165) is 5.00 Å². The largest absolute Gasteiger partial charge is 0.307 e. The molecule has 1 N–H and O–H groups in total. The zero-order valence-corrected chi connectivity index (χ0v) is 9.81. The van der Waals surface area contributed by atoms with E-state index < -0.39 is 5.54 Å². The first-order valence-corrected chi connectivity index (χ1v) is 5.37. The number of likely N-dealkylation sites (N-methyl/N-ethyl adjacent to an activating group) is 2. The van der Waals surface area contributed by atoms with E-state index in [2.05, 4.69) is 5.32 Å². The van der Waals surface area contributed by atoms with Gasteiger partial charge in [0.15, 0.2) is 0 Å². The Bertz CT molecular complexity index is 306. The second kappa shape index (κ2) is 4.11. The summed E-state index contributed by atoms with van der Waals surface area (Å²) in [6, 6.07) is 3.88. The third kappa shape index (κ3) is 2.13. The first-order valence-electron chi connectivity index (χ1n) is 4.49. The van der Waals surface area contributed by atoms with E-state index in [0.29, 0.717) is 0 Å². The lowest BCUT2D eigenvalue weighted by Gasteiger charge is -2.28. The second-order valence-corrected chi connectivity index (χ2v) is 4.62. The molecule has 1 aromatic heterocycles. The van der Waals surface area contributed by atoms with Gasteiger partial charge in [0.05, 0.1) is 10.5 Å². The van der Waals surface area contributed by atoms with E-state index in [-0.39, 0.29) is 5.91 Å². The van der Waals surface area contributed by atoms with E-state index in [1.165, 1.54) is 0 Å². The maximum atomic E-state index is 12.0. The number of hydrogen-bond acceptors (Lipinski definition) is 3. The molecule has 0 spiro atoms. The van der Waals surface area contributed by atoms with Gasteiger partial charge in [-0.25, -0.2) is 0 Å². The Balaban J connectivity index is 2.81. The maximum Gasteiger partial charge on any atom is 0.247 e. The standard InChI is InChI=1S/C10H16N2OS/c1-10(2,11-3)9(13)12(4)8-6-5-7-14-8/h5-7,11H,1-4H3. The van der Waals surface area contributed by atoms with Crippen molar-refractivity contribution in [1.82, 2.24) is 5.32 Å². The van der Waals surface area contributed by atoms with E-state index >= 15 is 0 Å². The number of carbonyl (C=O) groups excluding carboxylic acids is 1. The van der Waals surface area contributed by atoms with Crippen LogP contribution in [0, 0.1) is 0 Å². The van der Waals surface area contributed by atoms with Gasteiger partial charge in [0.1, 0.15) is 0 Å². The molecule has 1 aromatic rings. The van der Waals surface area contributed by atoms with Gasteiger partial charge in [-0.05, 0) is 38.4 Å². The van der Waals surface area contributed by atoms with Crippen molar-refractivity contribution in [2.75, 3.05) is 19.0 Å². The summed E-state index contributed by atoms with van der Waals surface area (Å²) in [5.74, 6) is 0.0717. The number of nitrogens with zero attached hydrogens (tertiary/aromatic N) is 1. The number of rotatable bonds is 3. The summed E-state index contributed by atoms with van der Waals surface area (Å²) in [4.78, 5) is 13.6. The summed E-state index contributed by atoms with van der Waals surface area (Å²) >= 11 is 1.56. The Labute approximate surface area is 88.7 Å². The summed E-state index contributed by atoms with van der Waals surface area (Å²) in [6.45, 7) is 3.75. The molecular weight excluding hydrogens is 196 g/mol. The minimum absolute atomic E-state index is 0.0717. The molecular formula is C10H16N2OS. The molecule has 3 nitrogen and oxygen atoms in total. The van der Waals surface area contributed by atoms with Crippen LogP contribution in [-0.2, 0) is 4.79 Å². The summed E-state index contributed by atoms with van der Waals surface area (Å²) in [5, 5.41) is 5.93. The highest BCUT2D eigenvalue weighted by Crippen LogP contribution is 2.22. The van der Waals surface area contributed by atoms with Gasteiger partial charge in [0, 0.05) is 7.05 Å². The molecule has 1 rings (SSSR count). The normalized spacial score (nSPS) is 11.4. The molecule has 0 atom stereocenters. The van der Waals surface area contributed by atoms with E-state index in [4.69, 9.17) is 0 Å². The lowest BCUT2D eigenvalue weighted by Crippen LogP contribution is -2.51. The SMILES string of the molecule is CNC(C)(C)C(=O)N(C)c1cccs1. The van der Waals surface area contributed by atoms with Crippen molar-refractivity contribution in [3.63, 3.8) is 0 Å². The molecule has 0 aliphatic rings. The first kappa shape index (κ1) is 11.2. The molecule has 14 heavy (non-hydrogen) atoms. The average molecular weight is 212 g/mol. The Hall–Kier alpha value is -0.870. The molecule has 0 aromatic carbocycles. The Morgan fingerprint density at radius 2 is 2.21 bits per heavy atom. The molecule has 0 saturated heterocycles. The van der Waals surface area contributed by atoms with Crippen LogP contribution in [0.3, 0.4) is 0 Å². The predicted octanol–water partition coefficient (Wildman–Crippen LogP) is 1.71. The number of thiophene rings is 1. The lowest BCUT2D eigenvalue weighted by molar-refractivity contribution is -0.123. The van der Waals surface area contributed by atoms with E-state index in [9.17, 15) is 4.79 Å². The van der Waals surface area contributed by atoms with Crippen LogP contribution in [-0.4, -0.2) is 25.5 Å². The van der Waals surface area contributed by atoms with Gasteiger partial charge in [-0.1, -0.05) is 0 Å². The van der Waals surface area contributed by atoms with Gasteiger partial charge in [-0.3, -0.25) is 4.79 Å². The third-order valence-electron chi connectivity index (χ3n) is 2.30. The average Bonchev–Trinajstić information content (AvgIpc) is 2.68. The van der Waals surface area contributed by atoms with Crippen LogP contribution in [0.1, 0.15) is 13.8 Å². The van der Waals surface area contributed by atoms with Crippen LogP contribution in [0.2, 0.25) is 0 Å². The molecule has 1 heterocycles. The second-order valence-electron chi connectivity index (χ2n) is 3.69. The monoisotopic (exact) mass is 212 g/mol. The summed E-state index contributed by atoms with van der Waals surface area (Å²) in [5.41, 5.74) is -0.515. The zero-order valence-electron chi connectivity index (χ0n) is 9.00. The number of anilines is 1. The lowest BCUT2D eigenvalue weighted by atomic mass is 10.0. The Morgan fingerprint density at radius 3 is 2.64 bits per heavy atom. The fourth-order valence-corrected chi connectivity index (χ4v) is 1.78. The Kier molecular flexibility index (Phi) is 3.29. The minimum atomic E-state index is -0.515. The van der Waals surface area contributed by atoms with Crippen LogP contribution in [0.25, 0.3) is 0 Å². The summed E-state index contributed by atoms with van der Waals surface area (Å²) < 4.78 is 0. The van der Waals surface area contributed by atoms with E-state index in [1.54, 1.807) is 30.3 Å². The maximum absolute atomic E-state index is 12.0. The van der Waals surface area contributed by atoms with Gasteiger partial charge < -0.3 is 10.2 Å². The molecule has 0 aliphatic carbocycles. The molecule has 0 fully saturated rings. The predicted molar refractivity (Wildman–Crippen MR) is 60.9 cm³/mol. The number of hydrogen-bond donors (Lipinski definition) is 1. The number of carbonyl (C=O) groups is 1. The van der Waals surface area contributed by atoms with Crippen LogP contribution >= 0.6 is 11.3 Å². The van der Waals surface area contributed by atoms with Crippen LogP contribution < -0.4 is 10.2 Å². The fraction of sp³-hybridized carbons (Fsp3) is 0.500. The highest BCUT2D eigenvalue weighted by atomic mass is 32.1. The molecule has 0 radical (unpaired) electrons. The van der Waals surface area contributed by atoms with Gasteiger partial charge in [0.2, 0.25) is 5.91 Å². The van der Waals surface area contributed by atoms with Crippen LogP contribution in [0.4, 0.5) is 5.00 Å². The number of amides is 1. The van der Waals surface area contributed by atoms with E-state index in [1.807, 2.05) is 31.4 Å². The van der Waals surface area contributed by atoms with Crippen molar-refractivity contribution >= 4 is 22.2 Å². The van der Waals surface area contributed by atoms with Gasteiger partial charge in [-0.2, -0.15) is 0 Å². The van der Waals surface area contributed by atoms with Crippen molar-refractivity contribution < 1.29 is 4.79 Å². The molecule has 78 valence electrons. The zero-order chi connectivity index (χ0) is 10.8. The molecule has 0 bridgehead atoms. The Morgan fingerprint density at radius 1 is 1.57 bits per heavy atom. The molecule has 1 amide bonds. The third-order valence-corrected chi connectivity index (χ3v) is 3.25. The topological polar surface area (TPSA) is 32.3 Å². The fourth-order valence-electron chi connectivity index (χ4n) is 1.09. The molecule has 0 saturated carbocycles. The van der Waals surface area contributed by atoms with Crippen molar-refractivity contribution in [3.8, 4) is 0 Å². The quantitative estimate of drug-likeness (QED) is 0.827. The summed E-state index contributed by atoms with van der Waals surface area (Å²) in [6.07, 6.45) is 0. The van der Waals surface area contributed by atoms with Gasteiger partial charge in [0.25, 0.3) is 0 Å². The van der Waals surface area contributed by atoms with Crippen LogP contribution in [0.15, 0.2) is 17.5 Å². The van der Waals surface area contributed by atoms with Crippen molar-refractivity contribution in [2.45, 2.75) is 19.4 Å². The van der Waals surface area contributed by atoms with Crippen molar-refractivity contribution in [1.29, 1.82) is 0 Å².